The van der Waals surface area contributed by atoms with Crippen LogP contribution in [0.15, 0.2) is 30.3 Å². The van der Waals surface area contributed by atoms with Gasteiger partial charge in [-0.3, -0.25) is 14.5 Å². The van der Waals surface area contributed by atoms with E-state index >= 15 is 0 Å². The lowest BCUT2D eigenvalue weighted by Gasteiger charge is -2.26. The fraction of sp³-hybridized carbons (Fsp3) is 0.391. The van der Waals surface area contributed by atoms with Crippen LogP contribution in [0.25, 0.3) is 0 Å². The Morgan fingerprint density at radius 3 is 2.36 bits per heavy atom. The molecule has 2 aromatic rings. The molecule has 2 N–H and O–H groups in total. The number of rotatable bonds is 9. The van der Waals surface area contributed by atoms with Crippen LogP contribution in [0.4, 0.5) is 10.1 Å². The van der Waals surface area contributed by atoms with Crippen LogP contribution in [0.3, 0.4) is 0 Å². The molecule has 0 radical (unpaired) electrons. The Balaban J connectivity index is 1.90. The van der Waals surface area contributed by atoms with Crippen LogP contribution in [0, 0.1) is 5.82 Å². The molecule has 1 aliphatic rings. The summed E-state index contributed by atoms with van der Waals surface area (Å²) >= 11 is 0. The van der Waals surface area contributed by atoms with Crippen LogP contribution < -0.4 is 24.8 Å². The number of halogens is 1. The first-order chi connectivity index (χ1) is 16.0. The van der Waals surface area contributed by atoms with E-state index in [1.165, 1.54) is 45.6 Å². The van der Waals surface area contributed by atoms with Crippen molar-refractivity contribution in [2.45, 2.75) is 0 Å². The maximum atomic E-state index is 14.1. The Morgan fingerprint density at radius 2 is 1.73 bits per heavy atom. The third-order valence-electron chi connectivity index (χ3n) is 5.24. The number of morpholine rings is 1. The summed E-state index contributed by atoms with van der Waals surface area (Å²) in [5.41, 5.74) is -0.0200. The molecule has 1 saturated heterocycles. The van der Waals surface area contributed by atoms with E-state index in [0.717, 1.165) is 13.1 Å². The van der Waals surface area contributed by atoms with E-state index in [-0.39, 0.29) is 34.1 Å². The van der Waals surface area contributed by atoms with Gasteiger partial charge in [-0.05, 0) is 12.1 Å². The number of anilines is 1. The van der Waals surface area contributed by atoms with Crippen molar-refractivity contribution in [3.05, 3.63) is 47.3 Å². The van der Waals surface area contributed by atoms with Gasteiger partial charge in [-0.25, -0.2) is 4.39 Å². The van der Waals surface area contributed by atoms with Gasteiger partial charge in [0, 0.05) is 32.2 Å². The first kappa shape index (κ1) is 24.3. The number of ether oxygens (including phenoxy) is 4. The average Bonchev–Trinajstić information content (AvgIpc) is 2.83. The second-order valence-corrected chi connectivity index (χ2v) is 7.21. The molecule has 0 bridgehead atoms. The van der Waals surface area contributed by atoms with Crippen LogP contribution in [0.5, 0.6) is 17.2 Å². The van der Waals surface area contributed by atoms with Gasteiger partial charge in [0.25, 0.3) is 11.8 Å². The summed E-state index contributed by atoms with van der Waals surface area (Å²) in [4.78, 5) is 28.1. The summed E-state index contributed by atoms with van der Waals surface area (Å²) in [5, 5.41) is 5.46. The Morgan fingerprint density at radius 1 is 1.03 bits per heavy atom. The number of carbonyl (C=O) groups is 2. The quantitative estimate of drug-likeness (QED) is 0.591. The molecule has 0 aliphatic carbocycles. The van der Waals surface area contributed by atoms with Crippen molar-refractivity contribution in [2.24, 2.45) is 0 Å². The van der Waals surface area contributed by atoms with Gasteiger partial charge in [0.1, 0.15) is 11.4 Å². The summed E-state index contributed by atoms with van der Waals surface area (Å²) in [7, 11) is 4.21. The van der Waals surface area contributed by atoms with Gasteiger partial charge in [0.05, 0.1) is 45.8 Å². The number of methoxy groups -OCH3 is 3. The largest absolute Gasteiger partial charge is 0.493 e. The van der Waals surface area contributed by atoms with Gasteiger partial charge >= 0.3 is 0 Å². The van der Waals surface area contributed by atoms with E-state index in [1.54, 1.807) is 6.07 Å². The fourth-order valence-corrected chi connectivity index (χ4v) is 3.56. The number of hydrogen-bond donors (Lipinski definition) is 2. The average molecular weight is 461 g/mol. The molecule has 3 rings (SSSR count). The molecule has 2 aromatic carbocycles. The van der Waals surface area contributed by atoms with Crippen LogP contribution >= 0.6 is 0 Å². The lowest BCUT2D eigenvalue weighted by Crippen LogP contribution is -2.41. The van der Waals surface area contributed by atoms with E-state index in [1.807, 2.05) is 0 Å². The highest BCUT2D eigenvalue weighted by atomic mass is 19.1. The second-order valence-electron chi connectivity index (χ2n) is 7.21. The molecule has 178 valence electrons. The van der Waals surface area contributed by atoms with Crippen LogP contribution in [0.2, 0.25) is 0 Å². The summed E-state index contributed by atoms with van der Waals surface area (Å²) in [6, 6.07) is 7.01. The van der Waals surface area contributed by atoms with Crippen LogP contribution in [-0.4, -0.2) is 77.4 Å². The zero-order chi connectivity index (χ0) is 23.8. The topological polar surface area (TPSA) is 98.4 Å². The maximum Gasteiger partial charge on any atom is 0.258 e. The zero-order valence-corrected chi connectivity index (χ0v) is 18.9. The van der Waals surface area contributed by atoms with Gasteiger partial charge in [-0.1, -0.05) is 12.1 Å². The molecule has 0 spiro atoms. The highest BCUT2D eigenvalue weighted by Gasteiger charge is 2.27. The fourth-order valence-electron chi connectivity index (χ4n) is 3.56. The Labute approximate surface area is 191 Å². The maximum absolute atomic E-state index is 14.1. The Bertz CT molecular complexity index is 994. The molecule has 9 nitrogen and oxygen atoms in total. The molecule has 1 fully saturated rings. The Kier molecular flexibility index (Phi) is 8.45. The first-order valence-electron chi connectivity index (χ1n) is 10.5. The summed E-state index contributed by atoms with van der Waals surface area (Å²) in [6.45, 7) is 3.91. The minimum atomic E-state index is -0.718. The van der Waals surface area contributed by atoms with Crippen LogP contribution in [-0.2, 0) is 4.74 Å². The smallest absolute Gasteiger partial charge is 0.258 e. The zero-order valence-electron chi connectivity index (χ0n) is 18.9. The monoisotopic (exact) mass is 461 g/mol. The molecule has 0 saturated carbocycles. The summed E-state index contributed by atoms with van der Waals surface area (Å²) < 4.78 is 35.7. The third kappa shape index (κ3) is 5.71. The minimum Gasteiger partial charge on any atom is -0.493 e. The molecule has 2 amide bonds. The van der Waals surface area contributed by atoms with Crippen molar-refractivity contribution in [3.8, 4) is 17.2 Å². The molecule has 1 heterocycles. The third-order valence-corrected chi connectivity index (χ3v) is 5.24. The van der Waals surface area contributed by atoms with Crippen molar-refractivity contribution < 1.29 is 32.9 Å². The SMILES string of the molecule is COc1cc(NC(=O)c2ccccc2F)c(C(=O)NCCN2CCOCC2)c(OC)c1OC. The van der Waals surface area contributed by atoms with Gasteiger partial charge in [0.2, 0.25) is 5.75 Å². The van der Waals surface area contributed by atoms with Gasteiger partial charge in [0.15, 0.2) is 11.5 Å². The second kappa shape index (κ2) is 11.5. The Hall–Kier alpha value is -3.37. The lowest BCUT2D eigenvalue weighted by atomic mass is 10.1. The van der Waals surface area contributed by atoms with E-state index in [0.29, 0.717) is 26.3 Å². The van der Waals surface area contributed by atoms with E-state index in [2.05, 4.69) is 15.5 Å². The van der Waals surface area contributed by atoms with Crippen molar-refractivity contribution in [1.82, 2.24) is 10.2 Å². The number of carbonyl (C=O) groups excluding carboxylic acids is 2. The molecule has 0 unspecified atom stereocenters. The van der Waals surface area contributed by atoms with Crippen molar-refractivity contribution in [1.29, 1.82) is 0 Å². The van der Waals surface area contributed by atoms with E-state index in [4.69, 9.17) is 18.9 Å². The van der Waals surface area contributed by atoms with Crippen molar-refractivity contribution in [3.63, 3.8) is 0 Å². The summed E-state index contributed by atoms with van der Waals surface area (Å²) in [6.07, 6.45) is 0. The lowest BCUT2D eigenvalue weighted by molar-refractivity contribution is 0.0383. The molecule has 1 aliphatic heterocycles. The van der Waals surface area contributed by atoms with Gasteiger partial charge in [-0.2, -0.15) is 0 Å². The number of nitrogens with one attached hydrogen (secondary N) is 2. The summed E-state index contributed by atoms with van der Waals surface area (Å²) in [5.74, 6) is -1.36. The molecule has 33 heavy (non-hydrogen) atoms. The molecule has 10 heteroatoms. The predicted molar refractivity (Wildman–Crippen MR) is 120 cm³/mol. The number of amides is 2. The molecule has 0 atom stereocenters. The van der Waals surface area contributed by atoms with E-state index < -0.39 is 17.6 Å². The number of benzene rings is 2. The number of nitrogens with zero attached hydrogens (tertiary/aromatic N) is 1. The molecule has 0 aromatic heterocycles. The van der Waals surface area contributed by atoms with Crippen molar-refractivity contribution in [2.75, 3.05) is 66.0 Å². The van der Waals surface area contributed by atoms with Gasteiger partial charge < -0.3 is 29.6 Å². The van der Waals surface area contributed by atoms with E-state index in [9.17, 15) is 14.0 Å². The predicted octanol–water partition coefficient (Wildman–Crippen LogP) is 2.17. The van der Waals surface area contributed by atoms with Crippen molar-refractivity contribution >= 4 is 17.5 Å². The normalized spacial score (nSPS) is 13.8. The highest BCUT2D eigenvalue weighted by Crippen LogP contribution is 2.44. The first-order valence-corrected chi connectivity index (χ1v) is 10.5. The molecular weight excluding hydrogens is 433 g/mol. The standard InChI is InChI=1S/C23H28FN3O6/c1-30-18-14-17(26-22(28)15-6-4-5-7-16(15)24)19(21(32-3)20(18)31-2)23(29)25-8-9-27-10-12-33-13-11-27/h4-7,14H,8-13H2,1-3H3,(H,25,29)(H,26,28). The minimum absolute atomic E-state index is 0.0433. The molecular formula is C23H28FN3O6. The number of hydrogen-bond acceptors (Lipinski definition) is 7. The van der Waals surface area contributed by atoms with Crippen LogP contribution in [0.1, 0.15) is 20.7 Å². The van der Waals surface area contributed by atoms with Gasteiger partial charge in [-0.15, -0.1) is 0 Å². The highest BCUT2D eigenvalue weighted by molar-refractivity contribution is 6.11.